The molecule has 0 N–H and O–H groups in total. The number of nitrogens with zero attached hydrogens (tertiary/aromatic N) is 3. The van der Waals surface area contributed by atoms with Crippen LogP contribution in [0.3, 0.4) is 0 Å². The van der Waals surface area contributed by atoms with Gasteiger partial charge in [-0.3, -0.25) is 4.79 Å². The van der Waals surface area contributed by atoms with Crippen molar-refractivity contribution in [3.05, 3.63) is 57.3 Å². The molecule has 6 nitrogen and oxygen atoms in total. The number of ether oxygens (including phenoxy) is 1. The molecule has 0 saturated carbocycles. The van der Waals surface area contributed by atoms with Gasteiger partial charge in [-0.15, -0.1) is 11.3 Å². The van der Waals surface area contributed by atoms with Gasteiger partial charge in [-0.05, 0) is 47.9 Å². The van der Waals surface area contributed by atoms with Gasteiger partial charge in [0.05, 0.1) is 6.04 Å². The molecule has 3 rings (SSSR count). The highest BCUT2D eigenvalue weighted by Gasteiger charge is 2.34. The highest BCUT2D eigenvalue weighted by molar-refractivity contribution is 7.10. The summed E-state index contributed by atoms with van der Waals surface area (Å²) >= 11 is 1.76. The summed E-state index contributed by atoms with van der Waals surface area (Å²) < 4.78 is 5.13. The first kappa shape index (κ1) is 22.3. The van der Waals surface area contributed by atoms with Crippen molar-refractivity contribution in [3.8, 4) is 0 Å². The van der Waals surface area contributed by atoms with E-state index in [2.05, 4.69) is 30.5 Å². The topological polar surface area (TPSA) is 53.1 Å². The maximum Gasteiger partial charge on any atom is 0.319 e. The van der Waals surface area contributed by atoms with Crippen LogP contribution in [0.15, 0.2) is 35.7 Å². The second kappa shape index (κ2) is 10.1. The van der Waals surface area contributed by atoms with Crippen LogP contribution in [0.1, 0.15) is 34.0 Å². The number of rotatable bonds is 7. The Morgan fingerprint density at radius 3 is 2.67 bits per heavy atom. The van der Waals surface area contributed by atoms with Gasteiger partial charge >= 0.3 is 6.03 Å². The van der Waals surface area contributed by atoms with Gasteiger partial charge in [-0.2, -0.15) is 0 Å². The molecular weight excluding hydrogens is 398 g/mol. The number of fused-ring (bicyclic) bond motifs is 1. The van der Waals surface area contributed by atoms with Crippen LogP contribution in [-0.2, 0) is 16.0 Å². The summed E-state index contributed by atoms with van der Waals surface area (Å²) in [6, 6.07) is 10.1. The number of hydrogen-bond acceptors (Lipinski definition) is 4. The maximum absolute atomic E-state index is 13.5. The molecule has 162 valence electrons. The van der Waals surface area contributed by atoms with Crippen LogP contribution in [0.25, 0.3) is 0 Å². The van der Waals surface area contributed by atoms with Crippen molar-refractivity contribution in [2.45, 2.75) is 25.8 Å². The molecule has 1 unspecified atom stereocenters. The lowest BCUT2D eigenvalue weighted by Crippen LogP contribution is -2.49. The van der Waals surface area contributed by atoms with Crippen LogP contribution in [0.5, 0.6) is 0 Å². The van der Waals surface area contributed by atoms with Gasteiger partial charge in [-0.1, -0.05) is 24.3 Å². The summed E-state index contributed by atoms with van der Waals surface area (Å²) in [7, 11) is 5.07. The first-order chi connectivity index (χ1) is 14.4. The molecule has 1 aliphatic rings. The second-order valence-corrected chi connectivity index (χ2v) is 8.84. The molecule has 1 aromatic carbocycles. The molecule has 30 heavy (non-hydrogen) atoms. The van der Waals surface area contributed by atoms with Crippen molar-refractivity contribution < 1.29 is 14.3 Å². The van der Waals surface area contributed by atoms with Gasteiger partial charge in [0.15, 0.2) is 0 Å². The monoisotopic (exact) mass is 429 g/mol. The van der Waals surface area contributed by atoms with Crippen LogP contribution < -0.4 is 0 Å². The van der Waals surface area contributed by atoms with Crippen LogP contribution in [-0.4, -0.2) is 74.1 Å². The summed E-state index contributed by atoms with van der Waals surface area (Å²) in [6.45, 7) is 3.86. The van der Waals surface area contributed by atoms with Crippen molar-refractivity contribution in [1.82, 2.24) is 14.7 Å². The predicted octanol–water partition coefficient (Wildman–Crippen LogP) is 3.55. The van der Waals surface area contributed by atoms with Crippen molar-refractivity contribution >= 4 is 23.3 Å². The summed E-state index contributed by atoms with van der Waals surface area (Å²) in [6.07, 6.45) is 1.55. The Labute approximate surface area is 183 Å². The fourth-order valence-corrected chi connectivity index (χ4v) is 4.90. The molecule has 0 fully saturated rings. The Morgan fingerprint density at radius 2 is 1.97 bits per heavy atom. The minimum atomic E-state index is -0.153. The average molecular weight is 430 g/mol. The molecule has 1 aromatic heterocycles. The van der Waals surface area contributed by atoms with Gasteiger partial charge in [0, 0.05) is 45.8 Å². The number of urea groups is 1. The van der Waals surface area contributed by atoms with Crippen molar-refractivity contribution in [2.75, 3.05) is 47.4 Å². The quantitative estimate of drug-likeness (QED) is 0.633. The molecule has 7 heteroatoms. The Bertz CT molecular complexity index is 880. The Kier molecular flexibility index (Phi) is 7.50. The molecular formula is C23H31N3O3S. The average Bonchev–Trinajstić information content (AvgIpc) is 3.21. The molecule has 0 spiro atoms. The molecule has 1 atom stereocenters. The number of hydrogen-bond donors (Lipinski definition) is 0. The zero-order chi connectivity index (χ0) is 21.7. The molecule has 0 bridgehead atoms. The van der Waals surface area contributed by atoms with Crippen molar-refractivity contribution in [2.24, 2.45) is 0 Å². The number of carbonyl (C=O) groups is 2. The lowest BCUT2D eigenvalue weighted by atomic mass is 9.90. The van der Waals surface area contributed by atoms with E-state index in [4.69, 9.17) is 4.74 Å². The van der Waals surface area contributed by atoms with E-state index in [1.165, 1.54) is 20.9 Å². The summed E-state index contributed by atoms with van der Waals surface area (Å²) in [5.41, 5.74) is 3.52. The van der Waals surface area contributed by atoms with Crippen LogP contribution in [0, 0.1) is 6.92 Å². The SMILES string of the molecule is COCCCN(CC(=O)N1CCc2sccc2C1c1ccccc1C)C(=O)N(C)C. The summed E-state index contributed by atoms with van der Waals surface area (Å²) in [4.78, 5) is 32.6. The molecule has 0 radical (unpaired) electrons. The Balaban J connectivity index is 1.87. The smallest absolute Gasteiger partial charge is 0.319 e. The zero-order valence-electron chi connectivity index (χ0n) is 18.3. The lowest BCUT2D eigenvalue weighted by molar-refractivity contribution is -0.134. The van der Waals surface area contributed by atoms with E-state index >= 15 is 0 Å². The minimum Gasteiger partial charge on any atom is -0.385 e. The van der Waals surface area contributed by atoms with Crippen LogP contribution in [0.2, 0.25) is 0 Å². The number of benzene rings is 1. The van der Waals surface area contributed by atoms with Gasteiger partial charge in [0.25, 0.3) is 0 Å². The second-order valence-electron chi connectivity index (χ2n) is 7.84. The molecule has 0 aliphatic carbocycles. The van der Waals surface area contributed by atoms with Crippen molar-refractivity contribution in [1.29, 1.82) is 0 Å². The Hall–Kier alpha value is -2.38. The fraction of sp³-hybridized carbons (Fsp3) is 0.478. The van der Waals surface area contributed by atoms with E-state index in [1.54, 1.807) is 37.4 Å². The van der Waals surface area contributed by atoms with E-state index in [0.29, 0.717) is 26.1 Å². The Morgan fingerprint density at radius 1 is 1.20 bits per heavy atom. The number of amides is 3. The van der Waals surface area contributed by atoms with Crippen LogP contribution >= 0.6 is 11.3 Å². The van der Waals surface area contributed by atoms with E-state index < -0.39 is 0 Å². The third-order valence-corrected chi connectivity index (χ3v) is 6.52. The molecule has 1 aliphatic heterocycles. The normalized spacial score (nSPS) is 15.6. The number of methoxy groups -OCH3 is 1. The van der Waals surface area contributed by atoms with Gasteiger partial charge < -0.3 is 19.4 Å². The predicted molar refractivity (Wildman–Crippen MR) is 120 cm³/mol. The number of thiophene rings is 1. The van der Waals surface area contributed by atoms with Crippen molar-refractivity contribution in [3.63, 3.8) is 0 Å². The maximum atomic E-state index is 13.5. The summed E-state index contributed by atoms with van der Waals surface area (Å²) in [5.74, 6) is -0.0206. The lowest BCUT2D eigenvalue weighted by Gasteiger charge is -2.38. The molecule has 2 aromatic rings. The highest BCUT2D eigenvalue weighted by Crippen LogP contribution is 2.38. The van der Waals surface area contributed by atoms with E-state index in [9.17, 15) is 9.59 Å². The summed E-state index contributed by atoms with van der Waals surface area (Å²) in [5, 5.41) is 2.11. The first-order valence-corrected chi connectivity index (χ1v) is 11.2. The van der Waals surface area contributed by atoms with Gasteiger partial charge in [0.1, 0.15) is 6.54 Å². The van der Waals surface area contributed by atoms with E-state index in [1.807, 2.05) is 17.0 Å². The number of aryl methyl sites for hydroxylation is 1. The van der Waals surface area contributed by atoms with E-state index in [-0.39, 0.29) is 24.5 Å². The third-order valence-electron chi connectivity index (χ3n) is 5.53. The van der Waals surface area contributed by atoms with Gasteiger partial charge in [-0.25, -0.2) is 4.79 Å². The zero-order valence-corrected chi connectivity index (χ0v) is 19.1. The van der Waals surface area contributed by atoms with Gasteiger partial charge in [0.2, 0.25) is 5.91 Å². The van der Waals surface area contributed by atoms with E-state index in [0.717, 1.165) is 12.0 Å². The fourth-order valence-electron chi connectivity index (χ4n) is 3.99. The number of carbonyl (C=O) groups excluding carboxylic acids is 2. The highest BCUT2D eigenvalue weighted by atomic mass is 32.1. The standard InChI is InChI=1S/C23H31N3O3S/c1-17-8-5-6-9-18(17)22-19-11-15-30-20(19)10-13-26(22)21(27)16-25(12-7-14-29-4)23(28)24(2)3/h5-6,8-9,11,15,22H,7,10,12-14,16H2,1-4H3. The molecule has 3 amide bonds. The molecule has 2 heterocycles. The van der Waals surface area contributed by atoms with Crippen LogP contribution in [0.4, 0.5) is 4.79 Å². The largest absolute Gasteiger partial charge is 0.385 e. The molecule has 0 saturated heterocycles. The third kappa shape index (κ3) is 4.84. The minimum absolute atomic E-state index is 0.0206. The first-order valence-electron chi connectivity index (χ1n) is 10.3.